The fraction of sp³-hybridized carbons (Fsp3) is 0.235. The van der Waals surface area contributed by atoms with Crippen LogP contribution in [0.4, 0.5) is 0 Å². The van der Waals surface area contributed by atoms with Crippen molar-refractivity contribution in [3.8, 4) is 0 Å². The summed E-state index contributed by atoms with van der Waals surface area (Å²) in [6, 6.07) is 11.2. The van der Waals surface area contributed by atoms with Crippen LogP contribution in [-0.4, -0.2) is 40.0 Å². The van der Waals surface area contributed by atoms with Gasteiger partial charge in [-0.05, 0) is 30.7 Å². The van der Waals surface area contributed by atoms with Gasteiger partial charge in [-0.25, -0.2) is 4.79 Å². The van der Waals surface area contributed by atoms with Crippen molar-refractivity contribution in [2.45, 2.75) is 17.4 Å². The highest BCUT2D eigenvalue weighted by Gasteiger charge is 2.23. The first kappa shape index (κ1) is 17.8. The Hall–Kier alpha value is -2.54. The minimum absolute atomic E-state index is 0.213. The second kappa shape index (κ2) is 8.93. The first-order valence-electron chi connectivity index (χ1n) is 7.34. The molecule has 0 saturated heterocycles. The number of nitrogens with zero attached hydrogens (tertiary/aromatic N) is 1. The van der Waals surface area contributed by atoms with E-state index in [-0.39, 0.29) is 12.2 Å². The van der Waals surface area contributed by atoms with Crippen molar-refractivity contribution in [2.24, 2.45) is 0 Å². The van der Waals surface area contributed by atoms with Gasteiger partial charge in [0.1, 0.15) is 6.04 Å². The molecule has 0 unspecified atom stereocenters. The molecule has 1 N–H and O–H groups in total. The van der Waals surface area contributed by atoms with Crippen LogP contribution in [0, 0.1) is 0 Å². The summed E-state index contributed by atoms with van der Waals surface area (Å²) in [4.78, 5) is 28.6. The molecule has 24 heavy (non-hydrogen) atoms. The number of ether oxygens (including phenoxy) is 1. The van der Waals surface area contributed by atoms with Crippen molar-refractivity contribution in [1.82, 2.24) is 10.3 Å². The quantitative estimate of drug-likeness (QED) is 0.769. The predicted molar refractivity (Wildman–Crippen MR) is 89.8 cm³/mol. The van der Waals surface area contributed by atoms with Crippen molar-refractivity contribution in [1.29, 1.82) is 0 Å². The van der Waals surface area contributed by atoms with Gasteiger partial charge in [-0.2, -0.15) is 0 Å². The number of carbonyl (C=O) groups excluding carboxylic acids is 2. The van der Waals surface area contributed by atoms with Crippen molar-refractivity contribution in [2.75, 3.05) is 12.9 Å². The largest absolute Gasteiger partial charge is 0.467 e. The molecule has 2 rings (SSSR count). The van der Waals surface area contributed by atoms with Crippen molar-refractivity contribution in [3.63, 3.8) is 0 Å². The lowest BCUT2D eigenvalue weighted by atomic mass is 10.2. The van der Waals surface area contributed by atoms with Gasteiger partial charge in [0.05, 0.1) is 17.9 Å². The number of methoxy groups -OCH3 is 1. The van der Waals surface area contributed by atoms with Crippen LogP contribution in [0.25, 0.3) is 0 Å². The van der Waals surface area contributed by atoms with E-state index >= 15 is 0 Å². The highest BCUT2D eigenvalue weighted by molar-refractivity contribution is 7.85. The van der Waals surface area contributed by atoms with Crippen LogP contribution < -0.4 is 5.32 Å². The number of esters is 1. The Balaban J connectivity index is 2.00. The van der Waals surface area contributed by atoms with Crippen molar-refractivity contribution < 1.29 is 18.5 Å². The summed E-state index contributed by atoms with van der Waals surface area (Å²) >= 11 is 0. The fourth-order valence-electron chi connectivity index (χ4n) is 2.05. The molecule has 1 amide bonds. The number of pyridine rings is 1. The minimum Gasteiger partial charge on any atom is -0.467 e. The number of benzene rings is 1. The molecule has 0 bridgehead atoms. The summed E-state index contributed by atoms with van der Waals surface area (Å²) in [6.45, 7) is 0. The molecule has 0 aliphatic rings. The normalized spacial score (nSPS) is 12.9. The van der Waals surface area contributed by atoms with E-state index in [1.165, 1.54) is 19.5 Å². The smallest absolute Gasteiger partial charge is 0.328 e. The van der Waals surface area contributed by atoms with Gasteiger partial charge in [-0.1, -0.05) is 18.2 Å². The number of nitrogens with one attached hydrogen (secondary N) is 1. The van der Waals surface area contributed by atoms with Crippen LogP contribution in [0.1, 0.15) is 16.8 Å². The highest BCUT2D eigenvalue weighted by Crippen LogP contribution is 2.09. The van der Waals surface area contributed by atoms with E-state index in [2.05, 4.69) is 10.3 Å². The molecule has 0 fully saturated rings. The third-order valence-electron chi connectivity index (χ3n) is 3.33. The summed E-state index contributed by atoms with van der Waals surface area (Å²) in [7, 11) is 0.00117. The summed E-state index contributed by atoms with van der Waals surface area (Å²) in [5.74, 6) is -0.735. The zero-order valence-electron chi connectivity index (χ0n) is 13.2. The molecule has 0 spiro atoms. The molecule has 1 aromatic carbocycles. The van der Waals surface area contributed by atoms with E-state index in [1.807, 2.05) is 6.07 Å². The lowest BCUT2D eigenvalue weighted by molar-refractivity contribution is -0.142. The topological polar surface area (TPSA) is 85.4 Å². The molecule has 0 aliphatic heterocycles. The number of rotatable bonds is 7. The SMILES string of the molecule is COC(=O)[C@@H](CC[S@@](=O)c1ccccc1)NC(=O)c1ccncc1. The Morgan fingerprint density at radius 3 is 2.46 bits per heavy atom. The van der Waals surface area contributed by atoms with E-state index in [0.29, 0.717) is 10.5 Å². The van der Waals surface area contributed by atoms with Crippen LogP contribution >= 0.6 is 0 Å². The van der Waals surface area contributed by atoms with Crippen LogP contribution in [0.15, 0.2) is 59.8 Å². The van der Waals surface area contributed by atoms with Crippen LogP contribution in [0.5, 0.6) is 0 Å². The van der Waals surface area contributed by atoms with Crippen LogP contribution in [0.3, 0.4) is 0 Å². The van der Waals surface area contributed by atoms with Gasteiger partial charge in [0.25, 0.3) is 5.91 Å². The molecule has 2 atom stereocenters. The van der Waals surface area contributed by atoms with Crippen LogP contribution in [-0.2, 0) is 20.3 Å². The standard InChI is InChI=1S/C17H18N2O4S/c1-23-17(21)15(19-16(20)13-7-10-18-11-8-13)9-12-24(22)14-5-3-2-4-6-14/h2-8,10-11,15H,9,12H2,1H3,(H,19,20)/t15-,24-/m1/s1. The average Bonchev–Trinajstić information content (AvgIpc) is 2.65. The number of carbonyl (C=O) groups is 2. The highest BCUT2D eigenvalue weighted by atomic mass is 32.2. The lowest BCUT2D eigenvalue weighted by Crippen LogP contribution is -2.42. The molecule has 126 valence electrons. The molecule has 6 nitrogen and oxygen atoms in total. The van der Waals surface area contributed by atoms with Gasteiger partial charge in [-0.15, -0.1) is 0 Å². The maximum atomic E-state index is 12.3. The third kappa shape index (κ3) is 4.99. The minimum atomic E-state index is -1.25. The van der Waals surface area contributed by atoms with Gasteiger partial charge in [0.2, 0.25) is 0 Å². The first-order valence-corrected chi connectivity index (χ1v) is 8.66. The molecule has 0 radical (unpaired) electrons. The first-order chi connectivity index (χ1) is 11.6. The molecule has 0 aliphatic carbocycles. The summed E-state index contributed by atoms with van der Waals surface area (Å²) < 4.78 is 17.0. The van der Waals surface area contributed by atoms with Gasteiger partial charge >= 0.3 is 5.97 Å². The summed E-state index contributed by atoms with van der Waals surface area (Å²) in [5.41, 5.74) is 0.392. The molecule has 1 heterocycles. The van der Waals surface area contributed by atoms with E-state index in [1.54, 1.807) is 36.4 Å². The second-order valence-corrected chi connectivity index (χ2v) is 6.51. The summed E-state index contributed by atoms with van der Waals surface area (Å²) in [5, 5.41) is 2.62. The molecule has 2 aromatic rings. The van der Waals surface area contributed by atoms with Crippen LogP contribution in [0.2, 0.25) is 0 Å². The molecule has 7 heteroatoms. The Morgan fingerprint density at radius 1 is 1.17 bits per heavy atom. The zero-order valence-corrected chi connectivity index (χ0v) is 14.0. The van der Waals surface area contributed by atoms with Gasteiger partial charge in [0, 0.05) is 28.6 Å². The summed E-state index contributed by atoms with van der Waals surface area (Å²) in [6.07, 6.45) is 3.20. The molecular formula is C17H18N2O4S. The Labute approximate surface area is 142 Å². The number of amides is 1. The van der Waals surface area contributed by atoms with E-state index in [9.17, 15) is 13.8 Å². The molecule has 0 saturated carbocycles. The second-order valence-electron chi connectivity index (χ2n) is 4.94. The lowest BCUT2D eigenvalue weighted by Gasteiger charge is -2.16. The molecule has 1 aromatic heterocycles. The number of hydrogen-bond donors (Lipinski definition) is 1. The fourth-order valence-corrected chi connectivity index (χ4v) is 3.20. The van der Waals surface area contributed by atoms with E-state index in [0.717, 1.165) is 0 Å². The number of aromatic nitrogens is 1. The van der Waals surface area contributed by atoms with Crippen molar-refractivity contribution in [3.05, 3.63) is 60.4 Å². The Bertz CT molecular complexity index is 707. The van der Waals surface area contributed by atoms with Gasteiger partial charge < -0.3 is 10.1 Å². The van der Waals surface area contributed by atoms with E-state index in [4.69, 9.17) is 4.74 Å². The Kier molecular flexibility index (Phi) is 6.62. The van der Waals surface area contributed by atoms with E-state index < -0.39 is 28.7 Å². The van der Waals surface area contributed by atoms with Gasteiger partial charge in [0.15, 0.2) is 0 Å². The maximum absolute atomic E-state index is 12.3. The average molecular weight is 346 g/mol. The predicted octanol–water partition coefficient (Wildman–Crippen LogP) is 1.55. The Morgan fingerprint density at radius 2 is 1.83 bits per heavy atom. The van der Waals surface area contributed by atoms with Gasteiger partial charge in [-0.3, -0.25) is 14.0 Å². The monoisotopic (exact) mass is 346 g/mol. The zero-order chi connectivity index (χ0) is 17.4. The molecular weight excluding hydrogens is 328 g/mol. The maximum Gasteiger partial charge on any atom is 0.328 e. The number of hydrogen-bond acceptors (Lipinski definition) is 5. The van der Waals surface area contributed by atoms with Crippen molar-refractivity contribution >= 4 is 22.7 Å². The third-order valence-corrected chi connectivity index (χ3v) is 4.74.